The van der Waals surface area contributed by atoms with E-state index < -0.39 is 0 Å². The predicted octanol–water partition coefficient (Wildman–Crippen LogP) is 5.37. The van der Waals surface area contributed by atoms with Gasteiger partial charge in [-0.05, 0) is 43.2 Å². The first-order valence-corrected chi connectivity index (χ1v) is 8.07. The van der Waals surface area contributed by atoms with Crippen LogP contribution in [0, 0.1) is 5.41 Å². The molecule has 0 saturated heterocycles. The number of hydrogen-bond donors (Lipinski definition) is 0. The second-order valence-corrected chi connectivity index (χ2v) is 7.16. The third-order valence-electron chi connectivity index (χ3n) is 4.51. The van der Waals surface area contributed by atoms with Crippen molar-refractivity contribution in [1.29, 1.82) is 0 Å². The maximum absolute atomic E-state index is 6.28. The SMILES string of the molecule is CC1(C)CCC(OCc2cc3ccccc3nc2Cl)CC1. The maximum atomic E-state index is 6.28. The average molecular weight is 304 g/mol. The van der Waals surface area contributed by atoms with Gasteiger partial charge in [0.25, 0.3) is 0 Å². The summed E-state index contributed by atoms with van der Waals surface area (Å²) in [7, 11) is 0. The topological polar surface area (TPSA) is 22.1 Å². The standard InChI is InChI=1S/C18H22ClNO/c1-18(2)9-7-15(8-10-18)21-12-14-11-13-5-3-4-6-16(13)20-17(14)19/h3-6,11,15H,7-10,12H2,1-2H3. The van der Waals surface area contributed by atoms with Gasteiger partial charge >= 0.3 is 0 Å². The molecule has 0 amide bonds. The molecule has 2 nitrogen and oxygen atoms in total. The van der Waals surface area contributed by atoms with Crippen LogP contribution in [0.2, 0.25) is 5.15 Å². The molecule has 0 bridgehead atoms. The average Bonchev–Trinajstić information content (AvgIpc) is 2.46. The van der Waals surface area contributed by atoms with Crippen molar-refractivity contribution in [2.45, 2.75) is 52.2 Å². The number of para-hydroxylation sites is 1. The Kier molecular flexibility index (Phi) is 4.19. The molecule has 0 N–H and O–H groups in total. The molecule has 1 fully saturated rings. The van der Waals surface area contributed by atoms with E-state index in [1.807, 2.05) is 18.2 Å². The molecule has 1 aromatic carbocycles. The fourth-order valence-corrected chi connectivity index (χ4v) is 3.18. The van der Waals surface area contributed by atoms with E-state index in [-0.39, 0.29) is 0 Å². The number of halogens is 1. The zero-order valence-electron chi connectivity index (χ0n) is 12.7. The van der Waals surface area contributed by atoms with Crippen LogP contribution in [-0.2, 0) is 11.3 Å². The lowest BCUT2D eigenvalue weighted by molar-refractivity contribution is -0.00560. The third kappa shape index (κ3) is 3.56. The second kappa shape index (κ2) is 5.94. The summed E-state index contributed by atoms with van der Waals surface area (Å²) in [5, 5.41) is 1.68. The van der Waals surface area contributed by atoms with E-state index in [0.29, 0.717) is 23.3 Å². The van der Waals surface area contributed by atoms with E-state index >= 15 is 0 Å². The molecule has 2 aromatic rings. The number of hydrogen-bond acceptors (Lipinski definition) is 2. The van der Waals surface area contributed by atoms with Crippen LogP contribution < -0.4 is 0 Å². The van der Waals surface area contributed by atoms with Gasteiger partial charge < -0.3 is 4.74 Å². The molecule has 3 rings (SSSR count). The summed E-state index contributed by atoms with van der Waals surface area (Å²) in [5.74, 6) is 0. The number of rotatable bonds is 3. The van der Waals surface area contributed by atoms with Gasteiger partial charge in [0.2, 0.25) is 0 Å². The highest BCUT2D eigenvalue weighted by molar-refractivity contribution is 6.30. The second-order valence-electron chi connectivity index (χ2n) is 6.81. The molecule has 1 saturated carbocycles. The lowest BCUT2D eigenvalue weighted by Gasteiger charge is -2.34. The normalized spacial score (nSPS) is 19.0. The molecular formula is C18H22ClNO. The molecule has 1 heterocycles. The van der Waals surface area contributed by atoms with Crippen molar-refractivity contribution >= 4 is 22.5 Å². The van der Waals surface area contributed by atoms with E-state index in [2.05, 4.69) is 31.0 Å². The molecule has 3 heteroatoms. The highest BCUT2D eigenvalue weighted by Gasteiger charge is 2.27. The van der Waals surface area contributed by atoms with Crippen LogP contribution in [0.4, 0.5) is 0 Å². The van der Waals surface area contributed by atoms with Crippen molar-refractivity contribution < 1.29 is 4.74 Å². The molecule has 0 atom stereocenters. The Labute approximate surface area is 131 Å². The fourth-order valence-electron chi connectivity index (χ4n) is 2.98. The summed E-state index contributed by atoms with van der Waals surface area (Å²) >= 11 is 6.28. The number of aromatic nitrogens is 1. The van der Waals surface area contributed by atoms with Crippen LogP contribution in [0.1, 0.15) is 45.1 Å². The van der Waals surface area contributed by atoms with Gasteiger partial charge in [0.05, 0.1) is 18.2 Å². The minimum atomic E-state index is 0.362. The van der Waals surface area contributed by atoms with Crippen molar-refractivity contribution in [1.82, 2.24) is 4.98 Å². The fraction of sp³-hybridized carbons (Fsp3) is 0.500. The smallest absolute Gasteiger partial charge is 0.135 e. The van der Waals surface area contributed by atoms with Gasteiger partial charge in [-0.25, -0.2) is 4.98 Å². The Bertz CT molecular complexity index is 628. The molecule has 1 aliphatic rings. The van der Waals surface area contributed by atoms with Gasteiger partial charge in [-0.2, -0.15) is 0 Å². The first kappa shape index (κ1) is 14.8. The van der Waals surface area contributed by atoms with Crippen LogP contribution >= 0.6 is 11.6 Å². The zero-order chi connectivity index (χ0) is 14.9. The van der Waals surface area contributed by atoms with Crippen molar-refractivity contribution in [2.75, 3.05) is 0 Å². The van der Waals surface area contributed by atoms with E-state index in [1.54, 1.807) is 0 Å². The minimum absolute atomic E-state index is 0.362. The lowest BCUT2D eigenvalue weighted by atomic mass is 9.76. The summed E-state index contributed by atoms with van der Waals surface area (Å²) in [6.07, 6.45) is 5.13. The van der Waals surface area contributed by atoms with E-state index in [0.717, 1.165) is 29.3 Å². The van der Waals surface area contributed by atoms with Crippen molar-refractivity contribution in [2.24, 2.45) is 5.41 Å². The van der Waals surface area contributed by atoms with Crippen molar-refractivity contribution in [3.8, 4) is 0 Å². The van der Waals surface area contributed by atoms with Crippen LogP contribution in [0.15, 0.2) is 30.3 Å². The number of ether oxygens (including phenoxy) is 1. The molecular weight excluding hydrogens is 282 g/mol. The zero-order valence-corrected chi connectivity index (χ0v) is 13.5. The van der Waals surface area contributed by atoms with Crippen LogP contribution in [0.5, 0.6) is 0 Å². The highest BCUT2D eigenvalue weighted by atomic mass is 35.5. The predicted molar refractivity (Wildman–Crippen MR) is 87.6 cm³/mol. The first-order chi connectivity index (χ1) is 10.0. The quantitative estimate of drug-likeness (QED) is 0.711. The summed E-state index contributed by atoms with van der Waals surface area (Å²) in [6, 6.07) is 10.1. The van der Waals surface area contributed by atoms with E-state index in [1.165, 1.54) is 12.8 Å². The Morgan fingerprint density at radius 3 is 2.71 bits per heavy atom. The first-order valence-electron chi connectivity index (χ1n) is 7.69. The minimum Gasteiger partial charge on any atom is -0.373 e. The summed E-state index contributed by atoms with van der Waals surface area (Å²) in [5.41, 5.74) is 2.40. The Morgan fingerprint density at radius 1 is 1.24 bits per heavy atom. The van der Waals surface area contributed by atoms with Crippen molar-refractivity contribution in [3.63, 3.8) is 0 Å². The molecule has 1 aromatic heterocycles. The van der Waals surface area contributed by atoms with Crippen LogP contribution in [0.25, 0.3) is 10.9 Å². The Morgan fingerprint density at radius 2 is 1.95 bits per heavy atom. The number of nitrogens with zero attached hydrogens (tertiary/aromatic N) is 1. The molecule has 1 aliphatic carbocycles. The van der Waals surface area contributed by atoms with Gasteiger partial charge in [0, 0.05) is 10.9 Å². The Hall–Kier alpha value is -1.12. The Balaban J connectivity index is 1.67. The van der Waals surface area contributed by atoms with Gasteiger partial charge in [0.1, 0.15) is 5.15 Å². The number of benzene rings is 1. The largest absolute Gasteiger partial charge is 0.373 e. The van der Waals surface area contributed by atoms with Crippen LogP contribution in [-0.4, -0.2) is 11.1 Å². The van der Waals surface area contributed by atoms with E-state index in [9.17, 15) is 0 Å². The summed E-state index contributed by atoms with van der Waals surface area (Å²) < 4.78 is 6.07. The van der Waals surface area contributed by atoms with Gasteiger partial charge in [-0.3, -0.25) is 0 Å². The summed E-state index contributed by atoms with van der Waals surface area (Å²) in [4.78, 5) is 4.45. The molecule has 112 valence electrons. The molecule has 21 heavy (non-hydrogen) atoms. The van der Waals surface area contributed by atoms with Gasteiger partial charge in [-0.1, -0.05) is 43.6 Å². The van der Waals surface area contributed by atoms with E-state index in [4.69, 9.17) is 16.3 Å². The number of pyridine rings is 1. The molecule has 0 aliphatic heterocycles. The molecule has 0 unspecified atom stereocenters. The lowest BCUT2D eigenvalue weighted by Crippen LogP contribution is -2.26. The van der Waals surface area contributed by atoms with Gasteiger partial charge in [0.15, 0.2) is 0 Å². The highest BCUT2D eigenvalue weighted by Crippen LogP contribution is 2.36. The third-order valence-corrected chi connectivity index (χ3v) is 4.84. The molecule has 0 radical (unpaired) electrons. The van der Waals surface area contributed by atoms with Gasteiger partial charge in [-0.15, -0.1) is 0 Å². The maximum Gasteiger partial charge on any atom is 0.135 e. The molecule has 0 spiro atoms. The number of fused-ring (bicyclic) bond motifs is 1. The van der Waals surface area contributed by atoms with Crippen molar-refractivity contribution in [3.05, 3.63) is 41.0 Å². The monoisotopic (exact) mass is 303 g/mol. The van der Waals surface area contributed by atoms with Crippen LogP contribution in [0.3, 0.4) is 0 Å². The summed E-state index contributed by atoms with van der Waals surface area (Å²) in [6.45, 7) is 5.24.